The third kappa shape index (κ3) is 2.59. The van der Waals surface area contributed by atoms with Crippen LogP contribution in [0.1, 0.15) is 36.4 Å². The molecule has 2 aliphatic heterocycles. The molecule has 100 valence electrons. The Labute approximate surface area is 109 Å². The van der Waals surface area contributed by atoms with Crippen molar-refractivity contribution in [3.8, 4) is 0 Å². The normalized spacial score (nSPS) is 26.8. The predicted molar refractivity (Wildman–Crippen MR) is 70.7 cm³/mol. The summed E-state index contributed by atoms with van der Waals surface area (Å²) in [6.07, 6.45) is 5.69. The van der Waals surface area contributed by atoms with Crippen molar-refractivity contribution in [3.63, 3.8) is 0 Å². The lowest BCUT2D eigenvalue weighted by Gasteiger charge is -2.26. The molecule has 0 radical (unpaired) electrons. The molecule has 0 amide bonds. The zero-order chi connectivity index (χ0) is 12.4. The Morgan fingerprint density at radius 2 is 2.22 bits per heavy atom. The number of hydrogen-bond donors (Lipinski definition) is 1. The van der Waals surface area contributed by atoms with Gasteiger partial charge in [0.05, 0.1) is 6.20 Å². The van der Waals surface area contributed by atoms with E-state index in [1.165, 1.54) is 50.2 Å². The minimum absolute atomic E-state index is 0.660. The van der Waals surface area contributed by atoms with Crippen molar-refractivity contribution in [2.24, 2.45) is 5.92 Å². The smallest absolute Gasteiger partial charge is 0.0519 e. The fourth-order valence-corrected chi connectivity index (χ4v) is 3.30. The van der Waals surface area contributed by atoms with Crippen molar-refractivity contribution in [1.82, 2.24) is 15.1 Å². The van der Waals surface area contributed by atoms with Gasteiger partial charge in [0.15, 0.2) is 0 Å². The van der Waals surface area contributed by atoms with Crippen molar-refractivity contribution in [2.75, 3.05) is 32.8 Å². The van der Waals surface area contributed by atoms with Gasteiger partial charge in [0.25, 0.3) is 0 Å². The van der Waals surface area contributed by atoms with E-state index in [2.05, 4.69) is 22.0 Å². The summed E-state index contributed by atoms with van der Waals surface area (Å²) < 4.78 is 5.43. The minimum Gasteiger partial charge on any atom is -0.381 e. The van der Waals surface area contributed by atoms with E-state index in [-0.39, 0.29) is 0 Å². The van der Waals surface area contributed by atoms with E-state index in [9.17, 15) is 0 Å². The molecule has 4 nitrogen and oxygen atoms in total. The van der Waals surface area contributed by atoms with E-state index in [0.717, 1.165) is 19.1 Å². The highest BCUT2D eigenvalue weighted by molar-refractivity contribution is 5.20. The lowest BCUT2D eigenvalue weighted by Crippen LogP contribution is -2.30. The van der Waals surface area contributed by atoms with Gasteiger partial charge in [0.2, 0.25) is 0 Å². The fraction of sp³-hybridized carbons (Fsp3) is 0.786. The van der Waals surface area contributed by atoms with Gasteiger partial charge >= 0.3 is 0 Å². The van der Waals surface area contributed by atoms with E-state index in [4.69, 9.17) is 4.74 Å². The molecule has 0 aliphatic carbocycles. The molecule has 18 heavy (non-hydrogen) atoms. The first-order chi connectivity index (χ1) is 8.83. The molecular weight excluding hydrogens is 226 g/mol. The molecular formula is C14H23N3O. The SMILES string of the molecule is Cc1cn[nH]c1C1CCN(CC2CCOCC2)C1. The maximum Gasteiger partial charge on any atom is 0.0519 e. The maximum atomic E-state index is 5.43. The van der Waals surface area contributed by atoms with Crippen LogP contribution in [-0.2, 0) is 4.74 Å². The Hall–Kier alpha value is -0.870. The van der Waals surface area contributed by atoms with Gasteiger partial charge in [-0.15, -0.1) is 0 Å². The molecule has 0 bridgehead atoms. The monoisotopic (exact) mass is 249 g/mol. The first-order valence-corrected chi connectivity index (χ1v) is 7.13. The number of nitrogens with one attached hydrogen (secondary N) is 1. The molecule has 1 N–H and O–H groups in total. The summed E-state index contributed by atoms with van der Waals surface area (Å²) in [7, 11) is 0. The number of likely N-dealkylation sites (tertiary alicyclic amines) is 1. The standard InChI is InChI=1S/C14H23N3O/c1-11-8-15-16-14(11)13-2-5-17(10-13)9-12-3-6-18-7-4-12/h8,12-13H,2-7,9-10H2,1H3,(H,15,16). The number of rotatable bonds is 3. The third-order valence-corrected chi connectivity index (χ3v) is 4.41. The third-order valence-electron chi connectivity index (χ3n) is 4.41. The van der Waals surface area contributed by atoms with Crippen LogP contribution in [-0.4, -0.2) is 47.9 Å². The highest BCUT2D eigenvalue weighted by atomic mass is 16.5. The summed E-state index contributed by atoms with van der Waals surface area (Å²) in [5.41, 5.74) is 2.66. The van der Waals surface area contributed by atoms with Gasteiger partial charge in [0.1, 0.15) is 0 Å². The lowest BCUT2D eigenvalue weighted by atomic mass is 9.99. The Kier molecular flexibility index (Phi) is 3.66. The van der Waals surface area contributed by atoms with Crippen molar-refractivity contribution >= 4 is 0 Å². The van der Waals surface area contributed by atoms with Crippen LogP contribution in [0.5, 0.6) is 0 Å². The van der Waals surface area contributed by atoms with Crippen molar-refractivity contribution in [2.45, 2.75) is 32.1 Å². The van der Waals surface area contributed by atoms with Gasteiger partial charge < -0.3 is 9.64 Å². The van der Waals surface area contributed by atoms with Crippen LogP contribution in [0.25, 0.3) is 0 Å². The first kappa shape index (κ1) is 12.2. The molecule has 1 atom stereocenters. The van der Waals surface area contributed by atoms with E-state index < -0.39 is 0 Å². The van der Waals surface area contributed by atoms with E-state index in [1.807, 2.05) is 6.20 Å². The second-order valence-electron chi connectivity index (χ2n) is 5.77. The second-order valence-corrected chi connectivity index (χ2v) is 5.77. The molecule has 3 heterocycles. The van der Waals surface area contributed by atoms with Gasteiger partial charge in [-0.3, -0.25) is 5.10 Å². The fourth-order valence-electron chi connectivity index (χ4n) is 3.30. The number of nitrogens with zero attached hydrogens (tertiary/aromatic N) is 2. The number of hydrogen-bond acceptors (Lipinski definition) is 3. The topological polar surface area (TPSA) is 41.2 Å². The highest BCUT2D eigenvalue weighted by Crippen LogP contribution is 2.29. The van der Waals surface area contributed by atoms with Crippen LogP contribution in [0.15, 0.2) is 6.20 Å². The van der Waals surface area contributed by atoms with Crippen LogP contribution >= 0.6 is 0 Å². The zero-order valence-electron chi connectivity index (χ0n) is 11.2. The minimum atomic E-state index is 0.660. The van der Waals surface area contributed by atoms with Crippen LogP contribution in [0, 0.1) is 12.8 Å². The number of ether oxygens (including phenoxy) is 1. The Balaban J connectivity index is 1.53. The summed E-state index contributed by atoms with van der Waals surface area (Å²) in [6, 6.07) is 0. The quantitative estimate of drug-likeness (QED) is 0.890. The Morgan fingerprint density at radius 3 is 2.94 bits per heavy atom. The van der Waals surface area contributed by atoms with Gasteiger partial charge in [-0.25, -0.2) is 0 Å². The van der Waals surface area contributed by atoms with Gasteiger partial charge in [-0.05, 0) is 44.2 Å². The Bertz CT molecular complexity index is 384. The van der Waals surface area contributed by atoms with E-state index >= 15 is 0 Å². The molecule has 4 heteroatoms. The van der Waals surface area contributed by atoms with E-state index in [0.29, 0.717) is 5.92 Å². The van der Waals surface area contributed by atoms with Crippen LogP contribution in [0.3, 0.4) is 0 Å². The predicted octanol–water partition coefficient (Wildman–Crippen LogP) is 1.93. The molecule has 0 aromatic carbocycles. The van der Waals surface area contributed by atoms with Crippen LogP contribution in [0.2, 0.25) is 0 Å². The second kappa shape index (κ2) is 5.41. The largest absolute Gasteiger partial charge is 0.381 e. The average molecular weight is 249 g/mol. The summed E-state index contributed by atoms with van der Waals surface area (Å²) in [6.45, 7) is 7.76. The number of aromatic nitrogens is 2. The molecule has 2 saturated heterocycles. The number of H-pyrrole nitrogens is 1. The molecule has 2 fully saturated rings. The highest BCUT2D eigenvalue weighted by Gasteiger charge is 2.28. The number of aromatic amines is 1. The van der Waals surface area contributed by atoms with E-state index in [1.54, 1.807) is 0 Å². The zero-order valence-corrected chi connectivity index (χ0v) is 11.2. The maximum absolute atomic E-state index is 5.43. The molecule has 1 unspecified atom stereocenters. The Morgan fingerprint density at radius 1 is 1.39 bits per heavy atom. The summed E-state index contributed by atoms with van der Waals surface area (Å²) in [4.78, 5) is 2.63. The van der Waals surface area contributed by atoms with Crippen molar-refractivity contribution in [1.29, 1.82) is 0 Å². The first-order valence-electron chi connectivity index (χ1n) is 7.13. The average Bonchev–Trinajstić information content (AvgIpc) is 2.99. The number of aryl methyl sites for hydroxylation is 1. The van der Waals surface area contributed by atoms with Crippen LogP contribution in [0.4, 0.5) is 0 Å². The van der Waals surface area contributed by atoms with Gasteiger partial charge in [0, 0.05) is 37.9 Å². The van der Waals surface area contributed by atoms with Crippen LogP contribution < -0.4 is 0 Å². The lowest BCUT2D eigenvalue weighted by molar-refractivity contribution is 0.0553. The van der Waals surface area contributed by atoms with Gasteiger partial charge in [-0.2, -0.15) is 5.10 Å². The van der Waals surface area contributed by atoms with Crippen molar-refractivity contribution < 1.29 is 4.74 Å². The molecule has 1 aromatic heterocycles. The summed E-state index contributed by atoms with van der Waals surface area (Å²) in [5.74, 6) is 1.51. The van der Waals surface area contributed by atoms with Crippen molar-refractivity contribution in [3.05, 3.63) is 17.5 Å². The molecule has 3 rings (SSSR count). The molecule has 1 aromatic rings. The summed E-state index contributed by atoms with van der Waals surface area (Å²) >= 11 is 0. The molecule has 2 aliphatic rings. The van der Waals surface area contributed by atoms with Gasteiger partial charge in [-0.1, -0.05) is 0 Å². The molecule has 0 saturated carbocycles. The molecule has 0 spiro atoms. The summed E-state index contributed by atoms with van der Waals surface area (Å²) in [5, 5.41) is 7.32.